The maximum Gasteiger partial charge on any atom is 0.274 e. The molecule has 1 aromatic heterocycles. The number of hydrogen-bond donors (Lipinski definition) is 1. The number of piperazine rings is 1. The van der Waals surface area contributed by atoms with E-state index >= 15 is 0 Å². The lowest BCUT2D eigenvalue weighted by Crippen LogP contribution is -3.14. The maximum absolute atomic E-state index is 13.4. The molecule has 2 aromatic carbocycles. The summed E-state index contributed by atoms with van der Waals surface area (Å²) >= 11 is 5.32. The summed E-state index contributed by atoms with van der Waals surface area (Å²) in [6.45, 7) is 2.63. The number of hydrogen-bond acceptors (Lipinski definition) is 4. The second-order valence-corrected chi connectivity index (χ2v) is 8.82. The van der Waals surface area contributed by atoms with Gasteiger partial charge in [-0.05, 0) is 42.5 Å². The molecule has 0 unspecified atom stereocenters. The van der Waals surface area contributed by atoms with Crippen LogP contribution in [0.1, 0.15) is 0 Å². The Hall–Kier alpha value is -2.07. The van der Waals surface area contributed by atoms with Crippen molar-refractivity contribution in [1.29, 1.82) is 0 Å². The summed E-state index contributed by atoms with van der Waals surface area (Å²) in [5.74, 6) is -0.554. The van der Waals surface area contributed by atoms with E-state index in [0.29, 0.717) is 37.7 Å². The smallest absolute Gasteiger partial charge is 0.274 e. The Morgan fingerprint density at radius 2 is 1.85 bits per heavy atom. The van der Waals surface area contributed by atoms with Crippen LogP contribution in [0.4, 0.5) is 4.39 Å². The van der Waals surface area contributed by atoms with E-state index in [9.17, 15) is 12.8 Å². The third kappa shape index (κ3) is 3.55. The van der Waals surface area contributed by atoms with Gasteiger partial charge in [-0.15, -0.1) is 0 Å². The van der Waals surface area contributed by atoms with Crippen LogP contribution < -0.4 is 4.90 Å². The van der Waals surface area contributed by atoms with E-state index in [1.54, 1.807) is 0 Å². The summed E-state index contributed by atoms with van der Waals surface area (Å²) < 4.78 is 47.8. The lowest BCUT2D eigenvalue weighted by Gasteiger charge is -2.31. The highest BCUT2D eigenvalue weighted by Crippen LogP contribution is 2.17. The number of quaternary nitrogens is 1. The number of aromatic nitrogens is 1. The van der Waals surface area contributed by atoms with Gasteiger partial charge in [0.05, 0.1) is 36.6 Å². The number of oxazole rings is 1. The van der Waals surface area contributed by atoms with Gasteiger partial charge in [-0.1, -0.05) is 18.2 Å². The van der Waals surface area contributed by atoms with E-state index in [2.05, 4.69) is 0 Å². The summed E-state index contributed by atoms with van der Waals surface area (Å²) in [4.78, 5) is 1.62. The fourth-order valence-electron chi connectivity index (χ4n) is 3.36. The lowest BCUT2D eigenvalue weighted by atomic mass is 10.3. The van der Waals surface area contributed by atoms with Gasteiger partial charge >= 0.3 is 0 Å². The summed E-state index contributed by atoms with van der Waals surface area (Å²) in [6.07, 6.45) is 0. The number of nitrogens with zero attached hydrogens (tertiary/aromatic N) is 2. The first-order valence-electron chi connectivity index (χ1n) is 8.63. The van der Waals surface area contributed by atoms with Crippen molar-refractivity contribution >= 4 is 33.3 Å². The molecule has 1 aliphatic rings. The highest BCUT2D eigenvalue weighted by atomic mass is 32.2. The number of para-hydroxylation sites is 2. The number of nitrogens with one attached hydrogen (secondary N) is 1. The third-order valence-corrected chi connectivity index (χ3v) is 7.02. The molecule has 0 saturated carbocycles. The molecule has 0 atom stereocenters. The molecule has 27 heavy (non-hydrogen) atoms. The van der Waals surface area contributed by atoms with Crippen LogP contribution in [-0.2, 0) is 16.7 Å². The summed E-state index contributed by atoms with van der Waals surface area (Å²) in [6, 6.07) is 12.8. The maximum atomic E-state index is 13.4. The normalized spacial score (nSPS) is 16.8. The molecule has 9 heteroatoms. The van der Waals surface area contributed by atoms with Gasteiger partial charge in [-0.2, -0.15) is 4.31 Å². The SMILES string of the molecule is O=S(=O)(c1cccc(F)c1)N1CC[NH+](Cn2c(=S)oc3ccccc32)CC1. The van der Waals surface area contributed by atoms with Crippen LogP contribution in [-0.4, -0.2) is 43.5 Å². The first kappa shape index (κ1) is 18.3. The second-order valence-electron chi connectivity index (χ2n) is 6.53. The lowest BCUT2D eigenvalue weighted by molar-refractivity contribution is -0.926. The number of benzene rings is 2. The van der Waals surface area contributed by atoms with Gasteiger partial charge in [-0.3, -0.25) is 4.57 Å². The monoisotopic (exact) mass is 408 g/mol. The highest BCUT2D eigenvalue weighted by Gasteiger charge is 2.31. The van der Waals surface area contributed by atoms with Crippen molar-refractivity contribution in [2.24, 2.45) is 0 Å². The van der Waals surface area contributed by atoms with Crippen molar-refractivity contribution in [3.05, 3.63) is 59.2 Å². The number of fused-ring (bicyclic) bond motifs is 1. The molecule has 1 aliphatic heterocycles. The molecule has 0 amide bonds. The zero-order chi connectivity index (χ0) is 19.0. The van der Waals surface area contributed by atoms with Crippen LogP contribution >= 0.6 is 12.2 Å². The van der Waals surface area contributed by atoms with Gasteiger partial charge in [0, 0.05) is 0 Å². The minimum atomic E-state index is -3.68. The molecule has 1 N–H and O–H groups in total. The van der Waals surface area contributed by atoms with Crippen LogP contribution in [0, 0.1) is 10.7 Å². The van der Waals surface area contributed by atoms with E-state index < -0.39 is 15.8 Å². The summed E-state index contributed by atoms with van der Waals surface area (Å²) in [5.41, 5.74) is 1.68. The molecule has 4 rings (SSSR count). The highest BCUT2D eigenvalue weighted by molar-refractivity contribution is 7.89. The van der Waals surface area contributed by atoms with Crippen LogP contribution in [0.15, 0.2) is 57.8 Å². The average Bonchev–Trinajstić information content (AvgIpc) is 2.98. The number of rotatable bonds is 4. The molecule has 6 nitrogen and oxygen atoms in total. The minimum Gasteiger partial charge on any atom is -0.429 e. The van der Waals surface area contributed by atoms with Gasteiger partial charge in [0.15, 0.2) is 12.3 Å². The molecule has 0 spiro atoms. The summed E-state index contributed by atoms with van der Waals surface area (Å²) in [7, 11) is -3.68. The zero-order valence-electron chi connectivity index (χ0n) is 14.5. The standard InChI is InChI=1S/C18H18FN3O3S2/c19-14-4-3-5-15(12-14)27(23,24)21-10-8-20(9-11-21)13-22-16-6-1-2-7-17(16)25-18(22)26/h1-7,12H,8-11,13H2/p+1. The predicted octanol–water partition coefficient (Wildman–Crippen LogP) is 1.65. The van der Waals surface area contributed by atoms with Crippen LogP contribution in [0.2, 0.25) is 0 Å². The number of halogens is 1. The number of sulfonamides is 1. The molecule has 1 saturated heterocycles. The van der Waals surface area contributed by atoms with Crippen LogP contribution in [0.3, 0.4) is 0 Å². The first-order chi connectivity index (χ1) is 12.9. The Labute approximate surface area is 161 Å². The molecular formula is C18H19FN3O3S2+. The van der Waals surface area contributed by atoms with E-state index in [1.807, 2.05) is 28.8 Å². The van der Waals surface area contributed by atoms with Crippen LogP contribution in [0.25, 0.3) is 11.1 Å². The van der Waals surface area contributed by atoms with Gasteiger partial charge in [0.2, 0.25) is 10.0 Å². The third-order valence-electron chi connectivity index (χ3n) is 4.82. The van der Waals surface area contributed by atoms with Crippen molar-refractivity contribution in [3.8, 4) is 0 Å². The fraction of sp³-hybridized carbons (Fsp3) is 0.278. The zero-order valence-corrected chi connectivity index (χ0v) is 16.1. The second kappa shape index (κ2) is 7.16. The van der Waals surface area contributed by atoms with Crippen molar-refractivity contribution in [1.82, 2.24) is 8.87 Å². The van der Waals surface area contributed by atoms with E-state index in [-0.39, 0.29) is 4.90 Å². The Morgan fingerprint density at radius 1 is 1.11 bits per heavy atom. The van der Waals surface area contributed by atoms with Crippen molar-refractivity contribution < 1.29 is 22.1 Å². The quantitative estimate of drug-likeness (QED) is 0.667. The van der Waals surface area contributed by atoms with E-state index in [0.717, 1.165) is 17.2 Å². The minimum absolute atomic E-state index is 0.00556. The van der Waals surface area contributed by atoms with Gasteiger partial charge in [0.25, 0.3) is 4.84 Å². The van der Waals surface area contributed by atoms with Crippen molar-refractivity contribution in [2.45, 2.75) is 11.6 Å². The molecular weight excluding hydrogens is 389 g/mol. The van der Waals surface area contributed by atoms with Gasteiger partial charge in [-0.25, -0.2) is 12.8 Å². The van der Waals surface area contributed by atoms with Crippen molar-refractivity contribution in [2.75, 3.05) is 26.2 Å². The van der Waals surface area contributed by atoms with E-state index in [1.165, 1.54) is 27.4 Å². The Morgan fingerprint density at radius 3 is 2.59 bits per heavy atom. The molecule has 0 radical (unpaired) electrons. The summed E-state index contributed by atoms with van der Waals surface area (Å²) in [5, 5.41) is 0. The largest absolute Gasteiger partial charge is 0.429 e. The van der Waals surface area contributed by atoms with Crippen LogP contribution in [0.5, 0.6) is 0 Å². The molecule has 0 bridgehead atoms. The Balaban J connectivity index is 1.47. The molecule has 0 aliphatic carbocycles. The van der Waals surface area contributed by atoms with Gasteiger partial charge in [0.1, 0.15) is 5.82 Å². The predicted molar refractivity (Wildman–Crippen MR) is 101 cm³/mol. The Kier molecular flexibility index (Phi) is 4.85. The molecule has 2 heterocycles. The molecule has 1 fully saturated rings. The topological polar surface area (TPSA) is 59.9 Å². The Bertz CT molecular complexity index is 1130. The molecule has 3 aromatic rings. The van der Waals surface area contributed by atoms with E-state index in [4.69, 9.17) is 16.6 Å². The van der Waals surface area contributed by atoms with Crippen molar-refractivity contribution in [3.63, 3.8) is 0 Å². The molecule has 142 valence electrons. The van der Waals surface area contributed by atoms with Gasteiger partial charge < -0.3 is 9.32 Å². The fourth-order valence-corrected chi connectivity index (χ4v) is 5.09. The first-order valence-corrected chi connectivity index (χ1v) is 10.5. The average molecular weight is 409 g/mol.